The SMILES string of the molecule is CCOC(=O)CCCNC(=O)c1cccc(Cl)c1F. The molecule has 1 N–H and O–H groups in total. The predicted molar refractivity (Wildman–Crippen MR) is 69.6 cm³/mol. The van der Waals surface area contributed by atoms with E-state index in [0.29, 0.717) is 13.0 Å². The highest BCUT2D eigenvalue weighted by Crippen LogP contribution is 2.17. The average Bonchev–Trinajstić information content (AvgIpc) is 2.38. The highest BCUT2D eigenvalue weighted by molar-refractivity contribution is 6.31. The summed E-state index contributed by atoms with van der Waals surface area (Å²) in [5, 5.41) is 2.42. The van der Waals surface area contributed by atoms with Crippen molar-refractivity contribution in [3.05, 3.63) is 34.6 Å². The molecule has 0 atom stereocenters. The van der Waals surface area contributed by atoms with Crippen molar-refractivity contribution in [2.75, 3.05) is 13.2 Å². The Morgan fingerprint density at radius 2 is 2.16 bits per heavy atom. The van der Waals surface area contributed by atoms with E-state index >= 15 is 0 Å². The van der Waals surface area contributed by atoms with E-state index in [2.05, 4.69) is 5.32 Å². The van der Waals surface area contributed by atoms with Gasteiger partial charge in [-0.2, -0.15) is 0 Å². The van der Waals surface area contributed by atoms with Gasteiger partial charge in [-0.1, -0.05) is 17.7 Å². The van der Waals surface area contributed by atoms with E-state index in [9.17, 15) is 14.0 Å². The third kappa shape index (κ3) is 4.87. The van der Waals surface area contributed by atoms with Gasteiger partial charge in [0.1, 0.15) is 0 Å². The van der Waals surface area contributed by atoms with Crippen LogP contribution in [0.2, 0.25) is 5.02 Å². The van der Waals surface area contributed by atoms with Crippen LogP contribution in [0.15, 0.2) is 18.2 Å². The minimum atomic E-state index is -0.743. The summed E-state index contributed by atoms with van der Waals surface area (Å²) in [5.41, 5.74) is -0.108. The van der Waals surface area contributed by atoms with Crippen molar-refractivity contribution in [3.8, 4) is 0 Å². The van der Waals surface area contributed by atoms with E-state index in [-0.39, 0.29) is 29.5 Å². The molecule has 0 unspecified atom stereocenters. The van der Waals surface area contributed by atoms with Crippen molar-refractivity contribution in [1.29, 1.82) is 0 Å². The van der Waals surface area contributed by atoms with Crippen molar-refractivity contribution >= 4 is 23.5 Å². The summed E-state index contributed by atoms with van der Waals surface area (Å²) in [6, 6.07) is 4.22. The summed E-state index contributed by atoms with van der Waals surface area (Å²) in [6.45, 7) is 2.32. The smallest absolute Gasteiger partial charge is 0.305 e. The minimum Gasteiger partial charge on any atom is -0.466 e. The number of halogens is 2. The van der Waals surface area contributed by atoms with Gasteiger partial charge >= 0.3 is 5.97 Å². The maximum atomic E-state index is 13.5. The van der Waals surface area contributed by atoms with Crippen LogP contribution in [0.25, 0.3) is 0 Å². The van der Waals surface area contributed by atoms with Crippen LogP contribution in [0.1, 0.15) is 30.1 Å². The molecule has 104 valence electrons. The van der Waals surface area contributed by atoms with Crippen molar-refractivity contribution in [3.63, 3.8) is 0 Å². The zero-order chi connectivity index (χ0) is 14.3. The molecule has 0 heterocycles. The van der Waals surface area contributed by atoms with Crippen LogP contribution in [-0.4, -0.2) is 25.0 Å². The Hall–Kier alpha value is -1.62. The van der Waals surface area contributed by atoms with Gasteiger partial charge in [0, 0.05) is 13.0 Å². The molecule has 0 saturated heterocycles. The summed E-state index contributed by atoms with van der Waals surface area (Å²) < 4.78 is 18.3. The lowest BCUT2D eigenvalue weighted by Gasteiger charge is -2.06. The molecule has 1 rings (SSSR count). The first-order valence-corrected chi connectivity index (χ1v) is 6.32. The largest absolute Gasteiger partial charge is 0.466 e. The first-order valence-electron chi connectivity index (χ1n) is 5.94. The normalized spacial score (nSPS) is 10.1. The van der Waals surface area contributed by atoms with Gasteiger partial charge in [0.15, 0.2) is 5.82 Å². The fourth-order valence-corrected chi connectivity index (χ4v) is 1.62. The second kappa shape index (κ2) is 7.74. The number of hydrogen-bond acceptors (Lipinski definition) is 3. The minimum absolute atomic E-state index is 0.0980. The van der Waals surface area contributed by atoms with E-state index in [1.165, 1.54) is 18.2 Å². The monoisotopic (exact) mass is 287 g/mol. The van der Waals surface area contributed by atoms with Gasteiger partial charge in [-0.3, -0.25) is 9.59 Å². The summed E-state index contributed by atoms with van der Waals surface area (Å²) in [6.07, 6.45) is 0.652. The molecule has 0 aliphatic rings. The van der Waals surface area contributed by atoms with E-state index in [1.54, 1.807) is 6.92 Å². The van der Waals surface area contributed by atoms with Gasteiger partial charge in [-0.15, -0.1) is 0 Å². The molecule has 0 aromatic heterocycles. The number of nitrogens with one attached hydrogen (secondary N) is 1. The Morgan fingerprint density at radius 1 is 1.42 bits per heavy atom. The highest BCUT2D eigenvalue weighted by atomic mass is 35.5. The third-order valence-electron chi connectivity index (χ3n) is 2.34. The van der Waals surface area contributed by atoms with Crippen LogP contribution in [0.4, 0.5) is 4.39 Å². The molecule has 0 fully saturated rings. The van der Waals surface area contributed by atoms with Crippen molar-refractivity contribution in [1.82, 2.24) is 5.32 Å². The zero-order valence-electron chi connectivity index (χ0n) is 10.5. The number of benzene rings is 1. The first kappa shape index (κ1) is 15.4. The van der Waals surface area contributed by atoms with Crippen molar-refractivity contribution in [2.45, 2.75) is 19.8 Å². The van der Waals surface area contributed by atoms with Crippen LogP contribution in [0.3, 0.4) is 0 Å². The second-order valence-corrected chi connectivity index (χ2v) is 4.17. The number of ether oxygens (including phenoxy) is 1. The van der Waals surface area contributed by atoms with Crippen molar-refractivity contribution < 1.29 is 18.7 Å². The Morgan fingerprint density at radius 3 is 2.84 bits per heavy atom. The Bertz CT molecular complexity index is 465. The quantitative estimate of drug-likeness (QED) is 0.646. The number of carbonyl (C=O) groups is 2. The van der Waals surface area contributed by atoms with Gasteiger partial charge in [0.25, 0.3) is 5.91 Å². The molecule has 1 aromatic carbocycles. The lowest BCUT2D eigenvalue weighted by atomic mass is 10.2. The Balaban J connectivity index is 2.40. The van der Waals surface area contributed by atoms with Gasteiger partial charge in [0.05, 0.1) is 17.2 Å². The molecule has 1 amide bonds. The molecular weight excluding hydrogens is 273 g/mol. The van der Waals surface area contributed by atoms with Crippen LogP contribution in [-0.2, 0) is 9.53 Å². The molecule has 0 bridgehead atoms. The Kier molecular flexibility index (Phi) is 6.29. The fourth-order valence-electron chi connectivity index (χ4n) is 1.44. The summed E-state index contributed by atoms with van der Waals surface area (Å²) in [4.78, 5) is 22.7. The van der Waals surface area contributed by atoms with E-state index in [0.717, 1.165) is 0 Å². The topological polar surface area (TPSA) is 55.4 Å². The van der Waals surface area contributed by atoms with E-state index < -0.39 is 11.7 Å². The molecule has 0 saturated carbocycles. The maximum absolute atomic E-state index is 13.5. The molecule has 6 heteroatoms. The molecule has 4 nitrogen and oxygen atoms in total. The first-order chi connectivity index (χ1) is 9.06. The number of rotatable bonds is 6. The molecule has 0 aliphatic carbocycles. The average molecular weight is 288 g/mol. The lowest BCUT2D eigenvalue weighted by Crippen LogP contribution is -2.26. The summed E-state index contributed by atoms with van der Waals surface area (Å²) in [5.74, 6) is -1.61. The van der Waals surface area contributed by atoms with Crippen LogP contribution >= 0.6 is 11.6 Å². The lowest BCUT2D eigenvalue weighted by molar-refractivity contribution is -0.143. The molecule has 0 aliphatic heterocycles. The third-order valence-corrected chi connectivity index (χ3v) is 2.64. The fraction of sp³-hybridized carbons (Fsp3) is 0.385. The maximum Gasteiger partial charge on any atom is 0.305 e. The number of hydrogen-bond donors (Lipinski definition) is 1. The molecule has 1 aromatic rings. The standard InChI is InChI=1S/C13H15ClFNO3/c1-2-19-11(17)7-4-8-16-13(18)9-5-3-6-10(14)12(9)15/h3,5-6H,2,4,7-8H2,1H3,(H,16,18). The predicted octanol–water partition coefficient (Wildman–Crippen LogP) is 2.55. The van der Waals surface area contributed by atoms with Crippen LogP contribution in [0, 0.1) is 5.82 Å². The molecule has 0 spiro atoms. The summed E-state index contributed by atoms with van der Waals surface area (Å²) in [7, 11) is 0. The van der Waals surface area contributed by atoms with Crippen LogP contribution in [0.5, 0.6) is 0 Å². The molecule has 0 radical (unpaired) electrons. The zero-order valence-corrected chi connectivity index (χ0v) is 11.3. The summed E-state index contributed by atoms with van der Waals surface area (Å²) >= 11 is 5.58. The number of esters is 1. The van der Waals surface area contributed by atoms with Gasteiger partial charge in [-0.25, -0.2) is 4.39 Å². The molecular formula is C13H15ClFNO3. The Labute approximate surface area is 115 Å². The van der Waals surface area contributed by atoms with Gasteiger partial charge in [-0.05, 0) is 25.5 Å². The van der Waals surface area contributed by atoms with E-state index in [1.807, 2.05) is 0 Å². The van der Waals surface area contributed by atoms with Crippen molar-refractivity contribution in [2.24, 2.45) is 0 Å². The van der Waals surface area contributed by atoms with E-state index in [4.69, 9.17) is 16.3 Å². The highest BCUT2D eigenvalue weighted by Gasteiger charge is 2.13. The number of amides is 1. The van der Waals surface area contributed by atoms with Crippen LogP contribution < -0.4 is 5.32 Å². The van der Waals surface area contributed by atoms with Gasteiger partial charge in [0.2, 0.25) is 0 Å². The molecule has 19 heavy (non-hydrogen) atoms. The second-order valence-electron chi connectivity index (χ2n) is 3.77. The van der Waals surface area contributed by atoms with Gasteiger partial charge < -0.3 is 10.1 Å². The number of carbonyl (C=O) groups excluding carboxylic acids is 2.